The molecule has 12 heavy (non-hydrogen) atoms. The molecular weight excluding hydrogens is 270 g/mol. The molecule has 0 aromatic rings. The van der Waals surface area contributed by atoms with Gasteiger partial charge >= 0.3 is 0 Å². The Labute approximate surface area is 86.4 Å². The second-order valence-corrected chi connectivity index (χ2v) is 4.41. The Morgan fingerprint density at radius 1 is 1.67 bits per heavy atom. The van der Waals surface area contributed by atoms with E-state index in [0.717, 1.165) is 4.43 Å². The third kappa shape index (κ3) is 1.13. The molecule has 2 fully saturated rings. The molecule has 0 amide bonds. The highest BCUT2D eigenvalue weighted by Gasteiger charge is 2.55. The quantitative estimate of drug-likeness (QED) is 0.387. The fraction of sp³-hybridized carbons (Fsp3) is 1.00. The molecule has 0 aromatic heterocycles. The molecule has 5 heteroatoms. The molecule has 2 saturated heterocycles. The Morgan fingerprint density at radius 3 is 3.00 bits per heavy atom. The Bertz CT molecular complexity index is 191. The zero-order valence-corrected chi connectivity index (χ0v) is 9.15. The van der Waals surface area contributed by atoms with Gasteiger partial charge in [-0.05, 0) is 0 Å². The number of aliphatic hydroxyl groups excluding tert-OH is 1. The van der Waals surface area contributed by atoms with Crippen molar-refractivity contribution in [3.63, 3.8) is 0 Å². The van der Waals surface area contributed by atoms with E-state index in [1.54, 1.807) is 0 Å². The number of alkyl halides is 1. The summed E-state index contributed by atoms with van der Waals surface area (Å²) in [5, 5.41) is 9.92. The standard InChI is InChI=1S/C7H12BIO3/c8-6-4-1-11-3-7(2-9,12-6)5(4)10/h4-6,10H,1-3,8H2/t4?,5?,6-,7+/m1/s1. The second-order valence-electron chi connectivity index (χ2n) is 3.65. The molecular formula is C7H12BIO3. The topological polar surface area (TPSA) is 38.7 Å². The molecule has 2 unspecified atom stereocenters. The van der Waals surface area contributed by atoms with Crippen LogP contribution in [0.4, 0.5) is 0 Å². The first-order valence-electron chi connectivity index (χ1n) is 4.19. The molecule has 0 aromatic carbocycles. The average Bonchev–Trinajstić information content (AvgIpc) is 2.23. The van der Waals surface area contributed by atoms with Crippen molar-refractivity contribution >= 4 is 30.4 Å². The van der Waals surface area contributed by atoms with E-state index in [2.05, 4.69) is 22.6 Å². The van der Waals surface area contributed by atoms with Gasteiger partial charge < -0.3 is 14.6 Å². The van der Waals surface area contributed by atoms with Crippen LogP contribution in [0.25, 0.3) is 0 Å². The van der Waals surface area contributed by atoms with Gasteiger partial charge in [-0.1, -0.05) is 22.6 Å². The van der Waals surface area contributed by atoms with Crippen molar-refractivity contribution in [2.24, 2.45) is 5.92 Å². The number of aliphatic hydroxyl groups is 1. The predicted octanol–water partition coefficient (Wildman–Crippen LogP) is -0.843. The van der Waals surface area contributed by atoms with Gasteiger partial charge in [0.1, 0.15) is 13.4 Å². The van der Waals surface area contributed by atoms with Crippen molar-refractivity contribution in [2.45, 2.75) is 17.7 Å². The summed E-state index contributed by atoms with van der Waals surface area (Å²) in [6, 6.07) is 0.136. The van der Waals surface area contributed by atoms with Crippen LogP contribution in [0.1, 0.15) is 0 Å². The summed E-state index contributed by atoms with van der Waals surface area (Å²) >= 11 is 2.25. The van der Waals surface area contributed by atoms with Crippen molar-refractivity contribution in [1.29, 1.82) is 0 Å². The molecule has 4 atom stereocenters. The van der Waals surface area contributed by atoms with Crippen LogP contribution in [-0.2, 0) is 9.47 Å². The average molecular weight is 282 g/mol. The monoisotopic (exact) mass is 282 g/mol. The Kier molecular flexibility index (Phi) is 2.40. The van der Waals surface area contributed by atoms with E-state index in [1.807, 2.05) is 7.85 Å². The molecule has 2 heterocycles. The third-order valence-electron chi connectivity index (χ3n) is 2.85. The minimum Gasteiger partial charge on any atom is -0.390 e. The summed E-state index contributed by atoms with van der Waals surface area (Å²) < 4.78 is 12.0. The van der Waals surface area contributed by atoms with Gasteiger partial charge in [-0.2, -0.15) is 0 Å². The number of ether oxygens (including phenoxy) is 2. The van der Waals surface area contributed by atoms with E-state index in [-0.39, 0.29) is 18.0 Å². The van der Waals surface area contributed by atoms with Crippen LogP contribution in [0.3, 0.4) is 0 Å². The van der Waals surface area contributed by atoms with Crippen LogP contribution in [-0.4, -0.2) is 48.3 Å². The summed E-state index contributed by atoms with van der Waals surface area (Å²) in [7, 11) is 2.01. The van der Waals surface area contributed by atoms with E-state index < -0.39 is 5.60 Å². The molecule has 0 radical (unpaired) electrons. The molecule has 0 spiro atoms. The maximum absolute atomic E-state index is 9.92. The number of hydrogen-bond donors (Lipinski definition) is 1. The first-order valence-corrected chi connectivity index (χ1v) is 5.72. The molecule has 68 valence electrons. The molecule has 0 saturated carbocycles. The minimum atomic E-state index is -0.414. The summed E-state index contributed by atoms with van der Waals surface area (Å²) in [6.45, 7) is 1.18. The molecule has 3 nitrogen and oxygen atoms in total. The summed E-state index contributed by atoms with van der Waals surface area (Å²) in [5.41, 5.74) is -0.414. The van der Waals surface area contributed by atoms with Gasteiger partial charge in [0.05, 0.1) is 19.3 Å². The van der Waals surface area contributed by atoms with Crippen LogP contribution < -0.4 is 0 Å². The fourth-order valence-corrected chi connectivity index (χ4v) is 2.89. The Hall–Kier alpha value is 0.675. The lowest BCUT2D eigenvalue weighted by atomic mass is 9.81. The van der Waals surface area contributed by atoms with Gasteiger partial charge in [0.2, 0.25) is 0 Å². The highest BCUT2D eigenvalue weighted by atomic mass is 127. The summed E-state index contributed by atoms with van der Waals surface area (Å²) in [4.78, 5) is 0. The molecule has 0 aliphatic carbocycles. The molecule has 2 aliphatic rings. The van der Waals surface area contributed by atoms with Crippen LogP contribution in [0.15, 0.2) is 0 Å². The van der Waals surface area contributed by atoms with Gasteiger partial charge in [0.15, 0.2) is 0 Å². The fourth-order valence-electron chi connectivity index (χ4n) is 2.04. The van der Waals surface area contributed by atoms with Gasteiger partial charge in [0, 0.05) is 16.3 Å². The molecule has 2 rings (SSSR count). The normalized spacial score (nSPS) is 52.7. The number of halogens is 1. The van der Waals surface area contributed by atoms with Gasteiger partial charge in [-0.25, -0.2) is 0 Å². The smallest absolute Gasteiger partial charge is 0.139 e. The maximum Gasteiger partial charge on any atom is 0.139 e. The van der Waals surface area contributed by atoms with Crippen molar-refractivity contribution in [2.75, 3.05) is 17.6 Å². The first-order chi connectivity index (χ1) is 5.69. The third-order valence-corrected chi connectivity index (χ3v) is 4.14. The van der Waals surface area contributed by atoms with E-state index in [9.17, 15) is 5.11 Å². The zero-order valence-electron chi connectivity index (χ0n) is 7.00. The summed E-state index contributed by atoms with van der Waals surface area (Å²) in [6.07, 6.45) is -0.335. The molecule has 2 bridgehead atoms. The van der Waals surface area contributed by atoms with E-state index in [0.29, 0.717) is 13.2 Å². The number of rotatable bonds is 1. The summed E-state index contributed by atoms with van der Waals surface area (Å²) in [5.74, 6) is 0.175. The lowest BCUT2D eigenvalue weighted by Gasteiger charge is -2.34. The van der Waals surface area contributed by atoms with Crippen molar-refractivity contribution in [1.82, 2.24) is 0 Å². The van der Waals surface area contributed by atoms with E-state index in [4.69, 9.17) is 9.47 Å². The molecule has 2 aliphatic heterocycles. The zero-order chi connectivity index (χ0) is 8.77. The SMILES string of the molecule is B[C@@H]1O[C@@]2(CI)COCC1C2O. The second kappa shape index (κ2) is 3.11. The van der Waals surface area contributed by atoms with Gasteiger partial charge in [0.25, 0.3) is 0 Å². The first kappa shape index (κ1) is 9.24. The lowest BCUT2D eigenvalue weighted by molar-refractivity contribution is -0.117. The van der Waals surface area contributed by atoms with Crippen molar-refractivity contribution < 1.29 is 14.6 Å². The largest absolute Gasteiger partial charge is 0.390 e. The highest BCUT2D eigenvalue weighted by molar-refractivity contribution is 14.1. The van der Waals surface area contributed by atoms with Crippen molar-refractivity contribution in [3.05, 3.63) is 0 Å². The van der Waals surface area contributed by atoms with Gasteiger partial charge in [-0.15, -0.1) is 0 Å². The Balaban J connectivity index is 2.24. The minimum absolute atomic E-state index is 0.136. The Morgan fingerprint density at radius 2 is 2.42 bits per heavy atom. The van der Waals surface area contributed by atoms with E-state index in [1.165, 1.54) is 0 Å². The number of fused-ring (bicyclic) bond motifs is 2. The highest BCUT2D eigenvalue weighted by Crippen LogP contribution is 2.39. The molecule has 1 N–H and O–H groups in total. The van der Waals surface area contributed by atoms with Crippen LogP contribution in [0, 0.1) is 5.92 Å². The predicted molar refractivity (Wildman–Crippen MR) is 55.4 cm³/mol. The van der Waals surface area contributed by atoms with Crippen LogP contribution >= 0.6 is 22.6 Å². The van der Waals surface area contributed by atoms with Crippen molar-refractivity contribution in [3.8, 4) is 0 Å². The van der Waals surface area contributed by atoms with Crippen LogP contribution in [0.5, 0.6) is 0 Å². The maximum atomic E-state index is 9.92. The van der Waals surface area contributed by atoms with Crippen LogP contribution in [0.2, 0.25) is 0 Å². The number of hydrogen-bond acceptors (Lipinski definition) is 3. The lowest BCUT2D eigenvalue weighted by Crippen LogP contribution is -2.51. The van der Waals surface area contributed by atoms with Gasteiger partial charge in [-0.3, -0.25) is 0 Å². The van der Waals surface area contributed by atoms with E-state index >= 15 is 0 Å².